The minimum absolute atomic E-state index is 0.182. The number of benzene rings is 1. The second-order valence-corrected chi connectivity index (χ2v) is 5.09. The number of nitrogens with zero attached hydrogens (tertiary/aromatic N) is 2. The van der Waals surface area contributed by atoms with Gasteiger partial charge in [0.1, 0.15) is 5.75 Å². The van der Waals surface area contributed by atoms with E-state index >= 15 is 0 Å². The van der Waals surface area contributed by atoms with E-state index in [1.54, 1.807) is 20.2 Å². The Morgan fingerprint density at radius 3 is 2.48 bits per heavy atom. The van der Waals surface area contributed by atoms with Crippen molar-refractivity contribution in [2.45, 2.75) is 0 Å². The van der Waals surface area contributed by atoms with Gasteiger partial charge in [-0.15, -0.1) is 0 Å². The average Bonchev–Trinajstić information content (AvgIpc) is 2.44. The van der Waals surface area contributed by atoms with Gasteiger partial charge < -0.3 is 30.9 Å². The summed E-state index contributed by atoms with van der Waals surface area (Å²) in [6.45, 7) is 1.79. The molecule has 0 aliphatic carbocycles. The molecule has 0 aliphatic rings. The Morgan fingerprint density at radius 2 is 1.95 bits per heavy atom. The van der Waals surface area contributed by atoms with Crippen LogP contribution in [0, 0.1) is 5.41 Å². The lowest BCUT2D eigenvalue weighted by Crippen LogP contribution is -2.29. The van der Waals surface area contributed by atoms with Crippen molar-refractivity contribution >= 4 is 23.0 Å². The van der Waals surface area contributed by atoms with Gasteiger partial charge in [0.05, 0.1) is 24.2 Å². The zero-order chi connectivity index (χ0) is 16.0. The fourth-order valence-corrected chi connectivity index (χ4v) is 1.85. The highest BCUT2D eigenvalue weighted by Crippen LogP contribution is 2.34. The molecular formula is C14H26N6O. The van der Waals surface area contributed by atoms with Crippen molar-refractivity contribution in [1.82, 2.24) is 10.2 Å². The van der Waals surface area contributed by atoms with Crippen molar-refractivity contribution in [3.05, 3.63) is 12.1 Å². The Labute approximate surface area is 126 Å². The van der Waals surface area contributed by atoms with E-state index in [-0.39, 0.29) is 5.96 Å². The van der Waals surface area contributed by atoms with Crippen LogP contribution in [0.25, 0.3) is 0 Å². The summed E-state index contributed by atoms with van der Waals surface area (Å²) in [6, 6.07) is 3.67. The number of nitrogens with two attached hydrogens (primary N) is 1. The number of ether oxygens (including phenoxy) is 1. The number of guanidine groups is 1. The highest BCUT2D eigenvalue weighted by atomic mass is 16.5. The number of likely N-dealkylation sites (N-methyl/N-ethyl adjacent to an activating group) is 2. The molecule has 1 rings (SSSR count). The molecule has 0 heterocycles. The van der Waals surface area contributed by atoms with Crippen molar-refractivity contribution in [3.63, 3.8) is 0 Å². The molecule has 0 amide bonds. The van der Waals surface area contributed by atoms with Crippen molar-refractivity contribution < 1.29 is 4.74 Å². The van der Waals surface area contributed by atoms with E-state index in [1.807, 2.05) is 27.2 Å². The van der Waals surface area contributed by atoms with Crippen LogP contribution in [-0.2, 0) is 0 Å². The van der Waals surface area contributed by atoms with E-state index < -0.39 is 0 Å². The zero-order valence-electron chi connectivity index (χ0n) is 13.4. The third-order valence-corrected chi connectivity index (χ3v) is 3.15. The molecule has 0 radical (unpaired) electrons. The summed E-state index contributed by atoms with van der Waals surface area (Å²) in [5, 5.41) is 13.3. The summed E-state index contributed by atoms with van der Waals surface area (Å²) in [7, 11) is 9.34. The SMILES string of the molecule is CNC(=N)Nc1cc(N)c(N(C)CCN(C)C)cc1OC. The van der Waals surface area contributed by atoms with Crippen LogP contribution in [0.5, 0.6) is 5.75 Å². The highest BCUT2D eigenvalue weighted by Gasteiger charge is 2.13. The van der Waals surface area contributed by atoms with Crippen LogP contribution in [0.4, 0.5) is 17.1 Å². The van der Waals surface area contributed by atoms with Crippen molar-refractivity contribution in [2.75, 3.05) is 64.3 Å². The summed E-state index contributed by atoms with van der Waals surface area (Å²) >= 11 is 0. The van der Waals surface area contributed by atoms with Gasteiger partial charge in [0, 0.05) is 33.3 Å². The number of nitrogens with one attached hydrogen (secondary N) is 3. The molecular weight excluding hydrogens is 268 g/mol. The topological polar surface area (TPSA) is 89.6 Å². The van der Waals surface area contributed by atoms with Gasteiger partial charge in [0.2, 0.25) is 0 Å². The van der Waals surface area contributed by atoms with Crippen molar-refractivity contribution in [2.24, 2.45) is 0 Å². The Kier molecular flexibility index (Phi) is 6.10. The van der Waals surface area contributed by atoms with Gasteiger partial charge in [-0.05, 0) is 20.2 Å². The first kappa shape index (κ1) is 16.9. The summed E-state index contributed by atoms with van der Waals surface area (Å²) in [5.74, 6) is 0.831. The normalized spacial score (nSPS) is 10.4. The summed E-state index contributed by atoms with van der Waals surface area (Å²) in [6.07, 6.45) is 0. The van der Waals surface area contributed by atoms with Crippen LogP contribution >= 0.6 is 0 Å². The molecule has 0 saturated carbocycles. The minimum atomic E-state index is 0.182. The zero-order valence-corrected chi connectivity index (χ0v) is 13.4. The first-order valence-corrected chi connectivity index (χ1v) is 6.75. The maximum absolute atomic E-state index is 7.63. The number of nitrogen functional groups attached to an aromatic ring is 1. The standard InChI is InChI=1S/C14H26N6O/c1-17-14(16)18-11-8-10(15)12(9-13(11)21-5)20(4)7-6-19(2)3/h8-9H,6-7,15H2,1-5H3,(H3,16,17,18). The molecule has 1 aromatic carbocycles. The molecule has 0 bridgehead atoms. The molecule has 1 aromatic rings. The van der Waals surface area contributed by atoms with Gasteiger partial charge >= 0.3 is 0 Å². The summed E-state index contributed by atoms with van der Waals surface area (Å²) in [4.78, 5) is 4.21. The fraction of sp³-hybridized carbons (Fsp3) is 0.500. The van der Waals surface area contributed by atoms with Crippen LogP contribution in [0.3, 0.4) is 0 Å². The van der Waals surface area contributed by atoms with Crippen LogP contribution in [-0.4, -0.2) is 59.2 Å². The van der Waals surface area contributed by atoms with Crippen molar-refractivity contribution in [1.29, 1.82) is 5.41 Å². The molecule has 0 spiro atoms. The van der Waals surface area contributed by atoms with E-state index in [0.717, 1.165) is 18.8 Å². The predicted molar refractivity (Wildman–Crippen MR) is 89.6 cm³/mol. The van der Waals surface area contributed by atoms with E-state index in [4.69, 9.17) is 15.9 Å². The maximum Gasteiger partial charge on any atom is 0.192 e. The summed E-state index contributed by atoms with van der Waals surface area (Å²) in [5.41, 5.74) is 8.35. The molecule has 0 aliphatic heterocycles. The molecule has 0 atom stereocenters. The molecule has 0 aromatic heterocycles. The Morgan fingerprint density at radius 1 is 1.29 bits per heavy atom. The molecule has 7 nitrogen and oxygen atoms in total. The van der Waals surface area contributed by atoms with Crippen LogP contribution in [0.1, 0.15) is 0 Å². The van der Waals surface area contributed by atoms with Gasteiger partial charge in [0.15, 0.2) is 5.96 Å². The van der Waals surface area contributed by atoms with Gasteiger partial charge in [-0.3, -0.25) is 5.41 Å². The van der Waals surface area contributed by atoms with Gasteiger partial charge in [-0.25, -0.2) is 0 Å². The Balaban J connectivity index is 2.99. The number of hydrogen-bond acceptors (Lipinski definition) is 5. The number of hydrogen-bond donors (Lipinski definition) is 4. The number of rotatable bonds is 6. The van der Waals surface area contributed by atoms with Crippen molar-refractivity contribution in [3.8, 4) is 5.75 Å². The van der Waals surface area contributed by atoms with Gasteiger partial charge in [0.25, 0.3) is 0 Å². The third-order valence-electron chi connectivity index (χ3n) is 3.15. The first-order valence-electron chi connectivity index (χ1n) is 6.75. The Hall–Kier alpha value is -2.15. The average molecular weight is 294 g/mol. The number of methoxy groups -OCH3 is 1. The largest absolute Gasteiger partial charge is 0.494 e. The lowest BCUT2D eigenvalue weighted by molar-refractivity contribution is 0.413. The first-order chi connectivity index (χ1) is 9.88. The molecule has 0 fully saturated rings. The van der Waals surface area contributed by atoms with Crippen LogP contribution in [0.2, 0.25) is 0 Å². The van der Waals surface area contributed by atoms with Crippen LogP contribution < -0.4 is 26.0 Å². The molecule has 0 saturated heterocycles. The smallest absolute Gasteiger partial charge is 0.192 e. The molecule has 5 N–H and O–H groups in total. The minimum Gasteiger partial charge on any atom is -0.494 e. The van der Waals surface area contributed by atoms with E-state index in [0.29, 0.717) is 17.1 Å². The molecule has 21 heavy (non-hydrogen) atoms. The van der Waals surface area contributed by atoms with E-state index in [9.17, 15) is 0 Å². The highest BCUT2D eigenvalue weighted by molar-refractivity contribution is 5.94. The van der Waals surface area contributed by atoms with E-state index in [2.05, 4.69) is 20.4 Å². The van der Waals surface area contributed by atoms with Gasteiger partial charge in [-0.1, -0.05) is 0 Å². The Bertz CT molecular complexity index is 489. The van der Waals surface area contributed by atoms with E-state index in [1.165, 1.54) is 0 Å². The second kappa shape index (κ2) is 7.58. The molecule has 0 unspecified atom stereocenters. The molecule has 118 valence electrons. The lowest BCUT2D eigenvalue weighted by atomic mass is 10.2. The summed E-state index contributed by atoms with van der Waals surface area (Å²) < 4.78 is 5.38. The number of anilines is 3. The predicted octanol–water partition coefficient (Wildman–Crippen LogP) is 0.841. The quantitative estimate of drug-likeness (QED) is 0.353. The molecule has 7 heteroatoms. The third kappa shape index (κ3) is 4.71. The van der Waals surface area contributed by atoms with Crippen LogP contribution in [0.15, 0.2) is 12.1 Å². The maximum atomic E-state index is 7.63. The van der Waals surface area contributed by atoms with Gasteiger partial charge in [-0.2, -0.15) is 0 Å². The second-order valence-electron chi connectivity index (χ2n) is 5.09. The lowest BCUT2D eigenvalue weighted by Gasteiger charge is -2.24. The monoisotopic (exact) mass is 294 g/mol. The fourth-order valence-electron chi connectivity index (χ4n) is 1.85.